The van der Waals surface area contributed by atoms with Crippen LogP contribution in [-0.4, -0.2) is 66.2 Å². The number of esters is 1. The van der Waals surface area contributed by atoms with E-state index in [-0.39, 0.29) is 18.7 Å². The summed E-state index contributed by atoms with van der Waals surface area (Å²) < 4.78 is 12.9. The molecule has 0 radical (unpaired) electrons. The van der Waals surface area contributed by atoms with Crippen molar-refractivity contribution in [2.45, 2.75) is 68.9 Å². The van der Waals surface area contributed by atoms with Crippen LogP contribution in [0.5, 0.6) is 0 Å². The Labute approximate surface area is 155 Å². The molecule has 4 rings (SSSR count). The molecule has 3 saturated heterocycles. The molecular formula is C21H30NO4+. The second-order valence-corrected chi connectivity index (χ2v) is 8.30. The van der Waals surface area contributed by atoms with E-state index in [1.54, 1.807) is 0 Å². The number of carbonyl (C=O) groups is 1. The second-order valence-electron chi connectivity index (χ2n) is 8.30. The number of aliphatic hydroxyl groups is 1. The third-order valence-corrected chi connectivity index (χ3v) is 6.79. The molecule has 5 unspecified atom stereocenters. The lowest BCUT2D eigenvalue weighted by Gasteiger charge is -2.48. The predicted molar refractivity (Wildman–Crippen MR) is 97.6 cm³/mol. The number of carbonyl (C=O) groups excluding carboxylic acids is 1. The third-order valence-electron chi connectivity index (χ3n) is 6.79. The smallest absolute Gasteiger partial charge is 0.316 e. The van der Waals surface area contributed by atoms with E-state index < -0.39 is 5.92 Å². The highest BCUT2D eigenvalue weighted by molar-refractivity contribution is 5.78. The molecule has 0 spiro atoms. The molecule has 142 valence electrons. The number of hydrogen-bond acceptors (Lipinski definition) is 4. The highest BCUT2D eigenvalue weighted by atomic mass is 16.6. The van der Waals surface area contributed by atoms with Gasteiger partial charge >= 0.3 is 5.97 Å². The lowest BCUT2D eigenvalue weighted by atomic mass is 9.94. The van der Waals surface area contributed by atoms with Gasteiger partial charge in [-0.2, -0.15) is 0 Å². The van der Waals surface area contributed by atoms with Crippen LogP contribution in [-0.2, 0) is 14.3 Å². The fraction of sp³-hybridized carbons (Fsp3) is 0.667. The lowest BCUT2D eigenvalue weighted by Crippen LogP contribution is -2.62. The standard InChI is InChI=1S/C21H30NO4/c1-3-4-10-22(2)17-11-15(12-18(22)20-19(17)26-20)25-21(24)16(13-23)14-8-6-5-7-9-14/h5-9,15-20,23H,3-4,10-13H2,1-2H3/q+1. The van der Waals surface area contributed by atoms with Gasteiger partial charge in [0, 0.05) is 12.8 Å². The molecule has 5 nitrogen and oxygen atoms in total. The quantitative estimate of drug-likeness (QED) is 0.460. The van der Waals surface area contributed by atoms with E-state index in [1.807, 2.05) is 30.3 Å². The van der Waals surface area contributed by atoms with Gasteiger partial charge in [-0.15, -0.1) is 0 Å². The number of piperidine rings is 1. The Morgan fingerprint density at radius 2 is 1.92 bits per heavy atom. The molecule has 1 aromatic carbocycles. The van der Waals surface area contributed by atoms with Gasteiger partial charge in [-0.25, -0.2) is 0 Å². The summed E-state index contributed by atoms with van der Waals surface area (Å²) >= 11 is 0. The molecule has 5 atom stereocenters. The number of hydrogen-bond donors (Lipinski definition) is 1. The second kappa shape index (κ2) is 6.95. The van der Waals surface area contributed by atoms with Gasteiger partial charge in [0.15, 0.2) is 0 Å². The topological polar surface area (TPSA) is 59.1 Å². The van der Waals surface area contributed by atoms with Crippen LogP contribution in [0.15, 0.2) is 30.3 Å². The lowest BCUT2D eigenvalue weighted by molar-refractivity contribution is -0.956. The van der Waals surface area contributed by atoms with Gasteiger partial charge in [-0.05, 0) is 12.0 Å². The number of likely N-dealkylation sites (N-methyl/N-ethyl adjacent to an activating group) is 1. The summed E-state index contributed by atoms with van der Waals surface area (Å²) in [5.74, 6) is -0.898. The molecule has 1 N–H and O–H groups in total. The fourth-order valence-corrected chi connectivity index (χ4v) is 5.23. The number of rotatable bonds is 7. The van der Waals surface area contributed by atoms with Gasteiger partial charge in [0.2, 0.25) is 0 Å². The zero-order chi connectivity index (χ0) is 18.3. The minimum absolute atomic E-state index is 0.0560. The minimum Gasteiger partial charge on any atom is -0.461 e. The largest absolute Gasteiger partial charge is 0.461 e. The first kappa shape index (κ1) is 18.0. The van der Waals surface area contributed by atoms with Crippen LogP contribution in [0.4, 0.5) is 0 Å². The number of morpholine rings is 1. The van der Waals surface area contributed by atoms with Crippen LogP contribution in [0.3, 0.4) is 0 Å². The Morgan fingerprint density at radius 1 is 1.27 bits per heavy atom. The summed E-state index contributed by atoms with van der Waals surface area (Å²) in [5.41, 5.74) is 0.813. The van der Waals surface area contributed by atoms with Gasteiger partial charge in [0.25, 0.3) is 0 Å². The maximum absolute atomic E-state index is 12.7. The van der Waals surface area contributed by atoms with Crippen molar-refractivity contribution in [3.05, 3.63) is 35.9 Å². The number of unbranched alkanes of at least 4 members (excludes halogenated alkanes) is 1. The first-order valence-electron chi connectivity index (χ1n) is 9.95. The molecule has 3 heterocycles. The molecule has 0 amide bonds. The van der Waals surface area contributed by atoms with Crippen molar-refractivity contribution in [1.82, 2.24) is 0 Å². The van der Waals surface area contributed by atoms with Crippen LogP contribution >= 0.6 is 0 Å². The first-order chi connectivity index (χ1) is 12.6. The van der Waals surface area contributed by atoms with E-state index >= 15 is 0 Å². The molecule has 2 bridgehead atoms. The summed E-state index contributed by atoms with van der Waals surface area (Å²) in [5, 5.41) is 9.70. The monoisotopic (exact) mass is 360 g/mol. The number of ether oxygens (including phenoxy) is 2. The fourth-order valence-electron chi connectivity index (χ4n) is 5.23. The number of benzene rings is 1. The maximum Gasteiger partial charge on any atom is 0.316 e. The summed E-state index contributed by atoms with van der Waals surface area (Å²) in [6.07, 6.45) is 4.83. The zero-order valence-corrected chi connectivity index (χ0v) is 15.7. The zero-order valence-electron chi connectivity index (χ0n) is 15.7. The molecule has 3 aliphatic heterocycles. The van der Waals surface area contributed by atoms with Crippen LogP contribution in [0.2, 0.25) is 0 Å². The van der Waals surface area contributed by atoms with Crippen molar-refractivity contribution in [1.29, 1.82) is 0 Å². The third kappa shape index (κ3) is 2.96. The Morgan fingerprint density at radius 3 is 2.50 bits per heavy atom. The van der Waals surface area contributed by atoms with Crippen molar-refractivity contribution >= 4 is 5.97 Å². The molecule has 0 aliphatic carbocycles. The maximum atomic E-state index is 12.7. The van der Waals surface area contributed by atoms with E-state index in [1.165, 1.54) is 19.4 Å². The Balaban J connectivity index is 1.42. The average Bonchev–Trinajstić information content (AvgIpc) is 3.40. The van der Waals surface area contributed by atoms with E-state index in [9.17, 15) is 9.90 Å². The van der Waals surface area contributed by atoms with Crippen LogP contribution in [0.1, 0.15) is 44.1 Å². The SMILES string of the molecule is CCCC[N+]1(C)C2CC(OC(=O)C(CO)c3ccccc3)CC1C1OC12. The van der Waals surface area contributed by atoms with Crippen molar-refractivity contribution in [2.24, 2.45) is 0 Å². The molecule has 26 heavy (non-hydrogen) atoms. The molecular weight excluding hydrogens is 330 g/mol. The summed E-state index contributed by atoms with van der Waals surface area (Å²) in [7, 11) is 2.36. The molecule has 0 aromatic heterocycles. The average molecular weight is 360 g/mol. The van der Waals surface area contributed by atoms with Crippen molar-refractivity contribution in [2.75, 3.05) is 20.2 Å². The Hall–Kier alpha value is -1.43. The van der Waals surface area contributed by atoms with Crippen molar-refractivity contribution < 1.29 is 23.9 Å². The Bertz CT molecular complexity index is 631. The predicted octanol–water partition coefficient (Wildman–Crippen LogP) is 2.23. The highest BCUT2D eigenvalue weighted by Crippen LogP contribution is 2.52. The van der Waals surface area contributed by atoms with E-state index in [4.69, 9.17) is 9.47 Å². The first-order valence-corrected chi connectivity index (χ1v) is 9.95. The summed E-state index contributed by atoms with van der Waals surface area (Å²) in [4.78, 5) is 12.7. The van der Waals surface area contributed by atoms with Crippen molar-refractivity contribution in [3.8, 4) is 0 Å². The van der Waals surface area contributed by atoms with Gasteiger partial charge in [-0.3, -0.25) is 4.79 Å². The number of aliphatic hydroxyl groups excluding tert-OH is 1. The van der Waals surface area contributed by atoms with Gasteiger partial charge < -0.3 is 19.1 Å². The van der Waals surface area contributed by atoms with Gasteiger partial charge in [0.05, 0.1) is 20.2 Å². The number of quaternary nitrogens is 1. The van der Waals surface area contributed by atoms with Crippen molar-refractivity contribution in [3.63, 3.8) is 0 Å². The number of fused-ring (bicyclic) bond motifs is 5. The summed E-state index contributed by atoms with van der Waals surface area (Å²) in [6, 6.07) is 10.3. The normalized spacial score (nSPS) is 38.5. The molecule has 0 saturated carbocycles. The molecule has 3 fully saturated rings. The van der Waals surface area contributed by atoms with Gasteiger partial charge in [-0.1, -0.05) is 43.7 Å². The number of nitrogens with zero attached hydrogens (tertiary/aromatic N) is 1. The number of epoxide rings is 1. The van der Waals surface area contributed by atoms with E-state index in [0.717, 1.165) is 22.9 Å². The minimum atomic E-state index is -0.595. The molecule has 5 heteroatoms. The Kier molecular flexibility index (Phi) is 4.80. The van der Waals surface area contributed by atoms with Crippen LogP contribution in [0, 0.1) is 0 Å². The van der Waals surface area contributed by atoms with Gasteiger partial charge in [0.1, 0.15) is 36.3 Å². The van der Waals surface area contributed by atoms with E-state index in [0.29, 0.717) is 24.3 Å². The van der Waals surface area contributed by atoms with Crippen LogP contribution in [0.25, 0.3) is 0 Å². The van der Waals surface area contributed by atoms with E-state index in [2.05, 4.69) is 14.0 Å². The molecule has 3 aliphatic rings. The summed E-state index contributed by atoms with van der Waals surface area (Å²) in [6.45, 7) is 3.20. The van der Waals surface area contributed by atoms with Crippen LogP contribution < -0.4 is 0 Å². The molecule has 1 aromatic rings. The highest BCUT2D eigenvalue weighted by Gasteiger charge is 2.71.